The van der Waals surface area contributed by atoms with Crippen LogP contribution in [0.1, 0.15) is 19.3 Å². The largest absolute Gasteiger partial charge is 0.373 e. The average Bonchev–Trinajstić information content (AvgIpc) is 2.83. The van der Waals surface area contributed by atoms with Crippen LogP contribution in [-0.2, 0) is 0 Å². The second kappa shape index (κ2) is 5.85. The van der Waals surface area contributed by atoms with Crippen molar-refractivity contribution in [3.63, 3.8) is 0 Å². The molecule has 2 aliphatic rings. The molecule has 114 valence electrons. The quantitative estimate of drug-likeness (QED) is 0.675. The minimum Gasteiger partial charge on any atom is -0.373 e. The fraction of sp³-hybridized carbons (Fsp3) is 0.643. The van der Waals surface area contributed by atoms with Crippen LogP contribution in [-0.4, -0.2) is 54.1 Å². The standard InChI is InChI=1S/C14H21N5O2/c1-15-13-6-5-12(19(20)21)14(16-13)18-9-3-8-17-7-2-4-11(17)10-18/h5-6,11H,2-4,7-10H2,1H3,(H,15,16). The molecule has 2 aliphatic heterocycles. The van der Waals surface area contributed by atoms with Crippen LogP contribution in [0.4, 0.5) is 17.3 Å². The van der Waals surface area contributed by atoms with Gasteiger partial charge in [0.1, 0.15) is 5.82 Å². The number of nitro groups is 1. The highest BCUT2D eigenvalue weighted by atomic mass is 16.6. The van der Waals surface area contributed by atoms with Crippen LogP contribution in [0, 0.1) is 10.1 Å². The summed E-state index contributed by atoms with van der Waals surface area (Å²) in [6.45, 7) is 3.90. The summed E-state index contributed by atoms with van der Waals surface area (Å²) in [5.41, 5.74) is 0.0976. The highest BCUT2D eigenvalue weighted by Crippen LogP contribution is 2.31. The molecule has 3 rings (SSSR count). The molecule has 1 N–H and O–H groups in total. The number of nitrogens with one attached hydrogen (secondary N) is 1. The van der Waals surface area contributed by atoms with Crippen LogP contribution in [0.15, 0.2) is 12.1 Å². The van der Waals surface area contributed by atoms with Gasteiger partial charge >= 0.3 is 5.69 Å². The molecule has 0 aromatic carbocycles. The molecule has 0 saturated carbocycles. The van der Waals surface area contributed by atoms with Gasteiger partial charge in [-0.15, -0.1) is 0 Å². The summed E-state index contributed by atoms with van der Waals surface area (Å²) in [4.78, 5) is 20.0. The molecule has 3 heterocycles. The van der Waals surface area contributed by atoms with Crippen molar-refractivity contribution in [3.05, 3.63) is 22.2 Å². The summed E-state index contributed by atoms with van der Waals surface area (Å²) >= 11 is 0. The van der Waals surface area contributed by atoms with Gasteiger partial charge in [0.25, 0.3) is 0 Å². The lowest BCUT2D eigenvalue weighted by Gasteiger charge is -2.26. The molecular weight excluding hydrogens is 270 g/mol. The molecule has 0 aliphatic carbocycles. The summed E-state index contributed by atoms with van der Waals surface area (Å²) in [5.74, 6) is 1.17. The Balaban J connectivity index is 1.92. The highest BCUT2D eigenvalue weighted by Gasteiger charge is 2.31. The molecule has 2 saturated heterocycles. The van der Waals surface area contributed by atoms with E-state index < -0.39 is 0 Å². The van der Waals surface area contributed by atoms with Crippen molar-refractivity contribution in [2.75, 3.05) is 43.4 Å². The van der Waals surface area contributed by atoms with Gasteiger partial charge in [-0.3, -0.25) is 15.0 Å². The zero-order chi connectivity index (χ0) is 14.8. The van der Waals surface area contributed by atoms with Gasteiger partial charge in [0.05, 0.1) is 4.92 Å². The Morgan fingerprint density at radius 1 is 1.33 bits per heavy atom. The second-order valence-electron chi connectivity index (χ2n) is 5.68. The third-order valence-electron chi connectivity index (χ3n) is 4.41. The number of hydrogen-bond acceptors (Lipinski definition) is 6. The summed E-state index contributed by atoms with van der Waals surface area (Å²) in [6, 6.07) is 3.71. The molecule has 21 heavy (non-hydrogen) atoms. The number of pyridine rings is 1. The van der Waals surface area contributed by atoms with E-state index in [1.165, 1.54) is 12.8 Å². The predicted octanol–water partition coefficient (Wildman–Crippen LogP) is 1.71. The lowest BCUT2D eigenvalue weighted by atomic mass is 10.2. The van der Waals surface area contributed by atoms with Crippen molar-refractivity contribution < 1.29 is 4.92 Å². The first kappa shape index (κ1) is 14.1. The number of hydrogen-bond donors (Lipinski definition) is 1. The summed E-state index contributed by atoms with van der Waals surface area (Å²) in [6.07, 6.45) is 3.43. The van der Waals surface area contributed by atoms with Gasteiger partial charge in [-0.1, -0.05) is 0 Å². The van der Waals surface area contributed by atoms with Crippen molar-refractivity contribution in [2.45, 2.75) is 25.3 Å². The highest BCUT2D eigenvalue weighted by molar-refractivity contribution is 5.62. The molecule has 1 aromatic heterocycles. The van der Waals surface area contributed by atoms with Crippen LogP contribution in [0.3, 0.4) is 0 Å². The molecule has 7 heteroatoms. The smallest absolute Gasteiger partial charge is 0.311 e. The Bertz CT molecular complexity index is 536. The van der Waals surface area contributed by atoms with E-state index in [4.69, 9.17) is 0 Å². The third kappa shape index (κ3) is 2.78. The molecule has 7 nitrogen and oxygen atoms in total. The second-order valence-corrected chi connectivity index (χ2v) is 5.68. The van der Waals surface area contributed by atoms with Crippen molar-refractivity contribution in [1.82, 2.24) is 9.88 Å². The zero-order valence-electron chi connectivity index (χ0n) is 12.3. The van der Waals surface area contributed by atoms with Crippen molar-refractivity contribution in [3.8, 4) is 0 Å². The Hall–Kier alpha value is -1.89. The molecule has 0 bridgehead atoms. The number of anilines is 2. The van der Waals surface area contributed by atoms with Crippen LogP contribution >= 0.6 is 0 Å². The maximum atomic E-state index is 11.3. The van der Waals surface area contributed by atoms with Gasteiger partial charge in [0.15, 0.2) is 0 Å². The minimum absolute atomic E-state index is 0.0976. The maximum absolute atomic E-state index is 11.3. The monoisotopic (exact) mass is 291 g/mol. The van der Waals surface area contributed by atoms with Crippen molar-refractivity contribution >= 4 is 17.3 Å². The SMILES string of the molecule is CNc1ccc([N+](=O)[O-])c(N2CCCN3CCCC3C2)n1. The summed E-state index contributed by atoms with van der Waals surface area (Å²) < 4.78 is 0. The van der Waals surface area contributed by atoms with E-state index in [2.05, 4.69) is 20.1 Å². The molecule has 1 aromatic rings. The van der Waals surface area contributed by atoms with Gasteiger partial charge in [-0.05, 0) is 31.9 Å². The molecule has 0 radical (unpaired) electrons. The molecule has 1 unspecified atom stereocenters. The molecule has 2 fully saturated rings. The van der Waals surface area contributed by atoms with Gasteiger partial charge in [0, 0.05) is 38.8 Å². The molecular formula is C14H21N5O2. The van der Waals surface area contributed by atoms with E-state index >= 15 is 0 Å². The first-order chi connectivity index (χ1) is 10.2. The average molecular weight is 291 g/mol. The first-order valence-electron chi connectivity index (χ1n) is 7.51. The number of nitrogens with zero attached hydrogens (tertiary/aromatic N) is 4. The van der Waals surface area contributed by atoms with Gasteiger partial charge in [-0.25, -0.2) is 4.98 Å². The van der Waals surface area contributed by atoms with E-state index in [9.17, 15) is 10.1 Å². The first-order valence-corrected chi connectivity index (χ1v) is 7.51. The van der Waals surface area contributed by atoms with Crippen molar-refractivity contribution in [1.29, 1.82) is 0 Å². The topological polar surface area (TPSA) is 74.5 Å². The summed E-state index contributed by atoms with van der Waals surface area (Å²) in [5, 5.41) is 14.2. The molecule has 0 spiro atoms. The Morgan fingerprint density at radius 2 is 2.14 bits per heavy atom. The lowest BCUT2D eigenvalue weighted by Crippen LogP contribution is -2.37. The normalized spacial score (nSPS) is 22.7. The van der Waals surface area contributed by atoms with E-state index in [1.54, 1.807) is 19.2 Å². The van der Waals surface area contributed by atoms with Gasteiger partial charge in [0.2, 0.25) is 5.82 Å². The third-order valence-corrected chi connectivity index (χ3v) is 4.41. The number of fused-ring (bicyclic) bond motifs is 1. The Labute approximate surface area is 124 Å². The Kier molecular flexibility index (Phi) is 3.92. The molecule has 1 atom stereocenters. The van der Waals surface area contributed by atoms with Crippen molar-refractivity contribution in [2.24, 2.45) is 0 Å². The maximum Gasteiger partial charge on any atom is 0.311 e. The van der Waals surface area contributed by atoms with Gasteiger partial charge in [-0.2, -0.15) is 0 Å². The van der Waals surface area contributed by atoms with Crippen LogP contribution in [0.5, 0.6) is 0 Å². The number of rotatable bonds is 3. The van der Waals surface area contributed by atoms with Crippen LogP contribution < -0.4 is 10.2 Å². The summed E-state index contributed by atoms with van der Waals surface area (Å²) in [7, 11) is 1.78. The van der Waals surface area contributed by atoms with Crippen LogP contribution in [0.2, 0.25) is 0 Å². The van der Waals surface area contributed by atoms with E-state index in [1.807, 2.05) is 0 Å². The molecule has 0 amide bonds. The van der Waals surface area contributed by atoms with E-state index in [-0.39, 0.29) is 10.6 Å². The fourth-order valence-corrected chi connectivity index (χ4v) is 3.35. The fourth-order valence-electron chi connectivity index (χ4n) is 3.35. The van der Waals surface area contributed by atoms with Gasteiger partial charge < -0.3 is 10.2 Å². The van der Waals surface area contributed by atoms with E-state index in [0.29, 0.717) is 17.7 Å². The minimum atomic E-state index is -0.334. The van der Waals surface area contributed by atoms with Crippen LogP contribution in [0.25, 0.3) is 0 Å². The number of aromatic nitrogens is 1. The Morgan fingerprint density at radius 3 is 2.90 bits per heavy atom. The predicted molar refractivity (Wildman–Crippen MR) is 81.9 cm³/mol. The lowest BCUT2D eigenvalue weighted by molar-refractivity contribution is -0.384. The van der Waals surface area contributed by atoms with E-state index in [0.717, 1.165) is 32.6 Å². The zero-order valence-corrected chi connectivity index (χ0v) is 12.3.